The van der Waals surface area contributed by atoms with E-state index in [-0.39, 0.29) is 0 Å². The number of rotatable bonds is 5. The maximum Gasteiger partial charge on any atom is 0.0267 e. The smallest absolute Gasteiger partial charge is 0.0267 e. The van der Waals surface area contributed by atoms with E-state index < -0.39 is 0 Å². The van der Waals surface area contributed by atoms with Crippen LogP contribution in [0.15, 0.2) is 12.7 Å². The van der Waals surface area contributed by atoms with Gasteiger partial charge in [0.15, 0.2) is 0 Å². The molecule has 1 fully saturated rings. The van der Waals surface area contributed by atoms with Crippen molar-refractivity contribution >= 4 is 0 Å². The van der Waals surface area contributed by atoms with E-state index in [1.54, 1.807) is 0 Å². The van der Waals surface area contributed by atoms with Crippen LogP contribution in [0.4, 0.5) is 0 Å². The summed E-state index contributed by atoms with van der Waals surface area (Å²) in [6.45, 7) is 6.10. The third-order valence-corrected chi connectivity index (χ3v) is 3.45. The number of hydrogen-bond donors (Lipinski definition) is 2. The maximum absolute atomic E-state index is 5.59. The van der Waals surface area contributed by atoms with Crippen LogP contribution in [0, 0.1) is 5.41 Å². The standard InChI is InChI=1S/C11H22N2/c1-3-4-7-10(13-12)11(2)8-5-6-9-11/h3,10,13H,1,4-9,12H2,2H3. The predicted molar refractivity (Wildman–Crippen MR) is 57.1 cm³/mol. The van der Waals surface area contributed by atoms with Crippen molar-refractivity contribution in [3.63, 3.8) is 0 Å². The van der Waals surface area contributed by atoms with Crippen molar-refractivity contribution in [2.75, 3.05) is 0 Å². The van der Waals surface area contributed by atoms with Gasteiger partial charge in [-0.15, -0.1) is 6.58 Å². The average molecular weight is 182 g/mol. The van der Waals surface area contributed by atoms with Gasteiger partial charge in [-0.1, -0.05) is 25.8 Å². The van der Waals surface area contributed by atoms with Gasteiger partial charge >= 0.3 is 0 Å². The van der Waals surface area contributed by atoms with Gasteiger partial charge in [0.2, 0.25) is 0 Å². The van der Waals surface area contributed by atoms with E-state index in [4.69, 9.17) is 5.84 Å². The quantitative estimate of drug-likeness (QED) is 0.389. The summed E-state index contributed by atoms with van der Waals surface area (Å²) >= 11 is 0. The van der Waals surface area contributed by atoms with Gasteiger partial charge < -0.3 is 0 Å². The molecule has 1 rings (SSSR count). The minimum atomic E-state index is 0.428. The first-order valence-electron chi connectivity index (χ1n) is 5.30. The summed E-state index contributed by atoms with van der Waals surface area (Å²) in [5.74, 6) is 5.59. The Balaban J connectivity index is 2.47. The van der Waals surface area contributed by atoms with Crippen LogP contribution in [-0.4, -0.2) is 6.04 Å². The van der Waals surface area contributed by atoms with Crippen molar-refractivity contribution in [3.05, 3.63) is 12.7 Å². The Morgan fingerprint density at radius 2 is 2.15 bits per heavy atom. The lowest BCUT2D eigenvalue weighted by Gasteiger charge is -2.33. The van der Waals surface area contributed by atoms with Crippen LogP contribution >= 0.6 is 0 Å². The van der Waals surface area contributed by atoms with Crippen molar-refractivity contribution < 1.29 is 0 Å². The Morgan fingerprint density at radius 1 is 1.54 bits per heavy atom. The van der Waals surface area contributed by atoms with Crippen molar-refractivity contribution in [1.82, 2.24) is 5.43 Å². The van der Waals surface area contributed by atoms with E-state index in [0.717, 1.165) is 12.8 Å². The molecule has 76 valence electrons. The Bertz CT molecular complexity index is 159. The number of allylic oxidation sites excluding steroid dienone is 1. The van der Waals surface area contributed by atoms with Crippen LogP contribution in [0.5, 0.6) is 0 Å². The van der Waals surface area contributed by atoms with Crippen LogP contribution in [0.3, 0.4) is 0 Å². The van der Waals surface area contributed by atoms with Gasteiger partial charge in [-0.3, -0.25) is 11.3 Å². The molecule has 2 nitrogen and oxygen atoms in total. The van der Waals surface area contributed by atoms with Crippen molar-refractivity contribution in [3.8, 4) is 0 Å². The molecule has 0 saturated heterocycles. The molecule has 0 bridgehead atoms. The molecule has 1 saturated carbocycles. The van der Waals surface area contributed by atoms with Crippen LogP contribution in [-0.2, 0) is 0 Å². The van der Waals surface area contributed by atoms with E-state index in [9.17, 15) is 0 Å². The second-order valence-corrected chi connectivity index (χ2v) is 4.45. The lowest BCUT2D eigenvalue weighted by atomic mass is 9.79. The van der Waals surface area contributed by atoms with E-state index in [2.05, 4.69) is 18.9 Å². The molecule has 0 aromatic heterocycles. The van der Waals surface area contributed by atoms with Gasteiger partial charge in [0.05, 0.1) is 0 Å². The van der Waals surface area contributed by atoms with E-state index in [0.29, 0.717) is 11.5 Å². The molecule has 2 heteroatoms. The minimum absolute atomic E-state index is 0.428. The summed E-state index contributed by atoms with van der Waals surface area (Å²) in [4.78, 5) is 0. The Morgan fingerprint density at radius 3 is 2.62 bits per heavy atom. The Hall–Kier alpha value is -0.340. The fourth-order valence-electron chi connectivity index (χ4n) is 2.45. The highest BCUT2D eigenvalue weighted by atomic mass is 15.2. The highest BCUT2D eigenvalue weighted by Gasteiger charge is 2.35. The zero-order chi connectivity index (χ0) is 9.73. The first-order valence-corrected chi connectivity index (χ1v) is 5.30. The van der Waals surface area contributed by atoms with Crippen molar-refractivity contribution in [2.45, 2.75) is 51.5 Å². The topological polar surface area (TPSA) is 38.0 Å². The normalized spacial score (nSPS) is 22.9. The van der Waals surface area contributed by atoms with Crippen molar-refractivity contribution in [1.29, 1.82) is 0 Å². The van der Waals surface area contributed by atoms with Crippen LogP contribution in [0.1, 0.15) is 45.4 Å². The lowest BCUT2D eigenvalue weighted by Crippen LogP contribution is -2.45. The maximum atomic E-state index is 5.59. The molecule has 0 amide bonds. The number of nitrogens with two attached hydrogens (primary N) is 1. The van der Waals surface area contributed by atoms with Gasteiger partial charge in [-0.05, 0) is 31.1 Å². The zero-order valence-electron chi connectivity index (χ0n) is 8.68. The van der Waals surface area contributed by atoms with Gasteiger partial charge in [0.1, 0.15) is 0 Å². The molecule has 0 heterocycles. The SMILES string of the molecule is C=CCCC(NN)C1(C)CCCC1. The molecular formula is C11H22N2. The predicted octanol–water partition coefficient (Wildman–Crippen LogP) is 2.36. The second-order valence-electron chi connectivity index (χ2n) is 4.45. The summed E-state index contributed by atoms with van der Waals surface area (Å²) < 4.78 is 0. The van der Waals surface area contributed by atoms with Crippen molar-refractivity contribution in [2.24, 2.45) is 11.3 Å². The van der Waals surface area contributed by atoms with Crippen LogP contribution in [0.2, 0.25) is 0 Å². The molecule has 1 aliphatic carbocycles. The highest BCUT2D eigenvalue weighted by molar-refractivity contribution is 4.91. The Kier molecular flexibility index (Phi) is 3.94. The third-order valence-electron chi connectivity index (χ3n) is 3.45. The Labute approximate surface area is 81.6 Å². The summed E-state index contributed by atoms with van der Waals surface area (Å²) in [5.41, 5.74) is 3.40. The van der Waals surface area contributed by atoms with Crippen LogP contribution < -0.4 is 11.3 Å². The third kappa shape index (κ3) is 2.55. The van der Waals surface area contributed by atoms with Gasteiger partial charge in [0, 0.05) is 6.04 Å². The molecule has 0 aliphatic heterocycles. The lowest BCUT2D eigenvalue weighted by molar-refractivity contribution is 0.212. The average Bonchev–Trinajstić information content (AvgIpc) is 2.54. The first kappa shape index (κ1) is 10.7. The molecule has 3 N–H and O–H groups in total. The molecule has 0 spiro atoms. The minimum Gasteiger partial charge on any atom is -0.271 e. The number of hydrogen-bond acceptors (Lipinski definition) is 2. The molecule has 0 aromatic carbocycles. The fourth-order valence-corrected chi connectivity index (χ4v) is 2.45. The van der Waals surface area contributed by atoms with Gasteiger partial charge in [0.25, 0.3) is 0 Å². The highest BCUT2D eigenvalue weighted by Crippen LogP contribution is 2.41. The monoisotopic (exact) mass is 182 g/mol. The molecule has 13 heavy (non-hydrogen) atoms. The van der Waals surface area contributed by atoms with E-state index in [1.807, 2.05) is 6.08 Å². The molecule has 1 aliphatic rings. The number of nitrogens with one attached hydrogen (secondary N) is 1. The second kappa shape index (κ2) is 4.77. The fraction of sp³-hybridized carbons (Fsp3) is 0.818. The van der Waals surface area contributed by atoms with Gasteiger partial charge in [-0.2, -0.15) is 0 Å². The zero-order valence-corrected chi connectivity index (χ0v) is 8.68. The summed E-state index contributed by atoms with van der Waals surface area (Å²) in [7, 11) is 0. The largest absolute Gasteiger partial charge is 0.271 e. The molecule has 1 unspecified atom stereocenters. The number of hydrazine groups is 1. The molecule has 0 aromatic rings. The summed E-state index contributed by atoms with van der Waals surface area (Å²) in [6, 6.07) is 0.466. The molecular weight excluding hydrogens is 160 g/mol. The van der Waals surface area contributed by atoms with E-state index in [1.165, 1.54) is 25.7 Å². The first-order chi connectivity index (χ1) is 6.23. The van der Waals surface area contributed by atoms with Gasteiger partial charge in [-0.25, -0.2) is 0 Å². The summed E-state index contributed by atoms with van der Waals surface area (Å²) in [5, 5.41) is 0. The van der Waals surface area contributed by atoms with Crippen LogP contribution in [0.25, 0.3) is 0 Å². The molecule has 0 radical (unpaired) electrons. The molecule has 1 atom stereocenters. The summed E-state index contributed by atoms with van der Waals surface area (Å²) in [6.07, 6.45) is 9.52. The van der Waals surface area contributed by atoms with E-state index >= 15 is 0 Å².